The molecule has 3 saturated carbocycles. The normalized spacial score (nSPS) is 19.5. The van der Waals surface area contributed by atoms with Crippen LogP contribution in [0.1, 0.15) is 262 Å². The first-order valence-electron chi connectivity index (χ1n) is 43.6. The van der Waals surface area contributed by atoms with Gasteiger partial charge in [-0.3, -0.25) is 43.3 Å². The Kier molecular flexibility index (Phi) is 36.0. The Balaban J connectivity index is 0.000000211. The number of nitrogens with two attached hydrogens (primary N) is 1. The van der Waals surface area contributed by atoms with E-state index >= 15 is 0 Å². The Morgan fingerprint density at radius 1 is 0.463 bits per heavy atom. The molecule has 0 spiro atoms. The third kappa shape index (κ3) is 25.9. The van der Waals surface area contributed by atoms with E-state index < -0.39 is 47.4 Å². The number of rotatable bonds is 25. The lowest BCUT2D eigenvalue weighted by molar-refractivity contribution is -0.142. The Morgan fingerprint density at radius 3 is 1.07 bits per heavy atom. The number of carboxylic acids is 1. The van der Waals surface area contributed by atoms with Crippen molar-refractivity contribution in [3.8, 4) is 0 Å². The number of carbonyl (C=O) groups excluding carboxylic acids is 10. The number of carboxylic acid groups (broad SMARTS) is 1. The second-order valence-corrected chi connectivity index (χ2v) is 37.7. The Morgan fingerprint density at radius 2 is 0.769 bits per heavy atom. The number of likely N-dealkylation sites (tertiary alicyclic amines) is 3. The molecule has 9 atom stereocenters. The van der Waals surface area contributed by atoms with Gasteiger partial charge in [0.05, 0.1) is 18.1 Å². The first kappa shape index (κ1) is 98.6. The molecule has 3 aromatic carbocycles. The number of amides is 5. The fourth-order valence-corrected chi connectivity index (χ4v) is 18.9. The molecular formula is C93H132Cl4N10O14. The summed E-state index contributed by atoms with van der Waals surface area (Å²) in [5.41, 5.74) is 9.97. The first-order valence-corrected chi connectivity index (χ1v) is 44.7. The van der Waals surface area contributed by atoms with Gasteiger partial charge in [-0.25, -0.2) is 14.4 Å². The van der Waals surface area contributed by atoms with Crippen molar-refractivity contribution in [2.24, 2.45) is 35.3 Å². The zero-order chi connectivity index (χ0) is 87.9. The van der Waals surface area contributed by atoms with Gasteiger partial charge in [0.25, 0.3) is 0 Å². The van der Waals surface area contributed by atoms with E-state index in [-0.39, 0.29) is 113 Å². The fraction of sp³-hybridized carbons (Fsp3) is 0.624. The van der Waals surface area contributed by atoms with Crippen LogP contribution in [0.3, 0.4) is 0 Å². The van der Waals surface area contributed by atoms with E-state index in [2.05, 4.69) is 19.0 Å². The monoisotopic (exact) mass is 1750 g/mol. The molecular weight excluding hydrogens is 1620 g/mol. The van der Waals surface area contributed by atoms with Gasteiger partial charge in [-0.15, -0.1) is 12.4 Å². The van der Waals surface area contributed by atoms with Crippen molar-refractivity contribution in [1.82, 2.24) is 43.5 Å². The highest BCUT2D eigenvalue weighted by Gasteiger charge is 2.43. The van der Waals surface area contributed by atoms with Crippen LogP contribution in [0.4, 0.5) is 9.59 Å². The predicted molar refractivity (Wildman–Crippen MR) is 479 cm³/mol. The van der Waals surface area contributed by atoms with E-state index in [1.54, 1.807) is 83.3 Å². The molecule has 6 heterocycles. The van der Waals surface area contributed by atoms with Gasteiger partial charge < -0.3 is 58.9 Å². The number of hydrogen-bond acceptors (Lipinski definition) is 15. The number of carbonyl (C=O) groups is 11. The van der Waals surface area contributed by atoms with Crippen molar-refractivity contribution < 1.29 is 67.3 Å². The number of fused-ring (bicyclic) bond motifs is 3. The van der Waals surface area contributed by atoms with Crippen LogP contribution in [0.25, 0.3) is 32.7 Å². The number of Topliss-reactive ketones (excluding diaryl/α,β-unsaturated/α-hetero) is 5. The highest BCUT2D eigenvalue weighted by atomic mass is 35.5. The second-order valence-electron chi connectivity index (χ2n) is 36.4. The zero-order valence-corrected chi connectivity index (χ0v) is 76.9. The molecule has 4 N–H and O–H groups in total. The number of ketones is 5. The molecule has 6 fully saturated rings. The molecule has 12 rings (SSSR count). The van der Waals surface area contributed by atoms with E-state index in [0.717, 1.165) is 160 Å². The van der Waals surface area contributed by atoms with Gasteiger partial charge in [0.2, 0.25) is 17.7 Å². The number of aromatic nitrogens is 3. The maximum absolute atomic E-state index is 14.3. The summed E-state index contributed by atoms with van der Waals surface area (Å²) in [4.78, 5) is 148. The van der Waals surface area contributed by atoms with Crippen LogP contribution in [-0.2, 0) is 57.9 Å². The average molecular weight is 1760 g/mol. The number of likely N-dealkylation sites (N-methyl/N-ethyl adjacent to an activating group) is 3. The van der Waals surface area contributed by atoms with Crippen LogP contribution in [0, 0.1) is 29.6 Å². The van der Waals surface area contributed by atoms with Gasteiger partial charge in [0.1, 0.15) is 23.0 Å². The topological polar surface area (TPSA) is 296 Å². The third-order valence-electron chi connectivity index (χ3n) is 25.5. The molecule has 0 unspecified atom stereocenters. The van der Waals surface area contributed by atoms with E-state index in [0.29, 0.717) is 70.3 Å². The summed E-state index contributed by atoms with van der Waals surface area (Å²) in [5, 5.41) is 16.0. The maximum Gasteiger partial charge on any atom is 0.410 e. The van der Waals surface area contributed by atoms with Gasteiger partial charge in [-0.05, 0) is 240 Å². The highest BCUT2D eigenvalue weighted by molar-refractivity contribution is 6.32. The number of nitrogens with one attached hydrogen (secondary N) is 1. The molecule has 24 nitrogen and oxygen atoms in total. The number of nitrogens with zero attached hydrogens (tertiary/aromatic N) is 8. The Labute approximate surface area is 736 Å². The number of aliphatic carboxylic acids is 1. The molecule has 3 aliphatic heterocycles. The third-order valence-corrected chi connectivity index (χ3v) is 26.2. The lowest BCUT2D eigenvalue weighted by atomic mass is 9.76. The Hall–Kier alpha value is -7.87. The number of halogens is 4. The van der Waals surface area contributed by atoms with Crippen LogP contribution in [-0.4, -0.2) is 202 Å². The zero-order valence-electron chi connectivity index (χ0n) is 73.8. The van der Waals surface area contributed by atoms with E-state index in [4.69, 9.17) is 55.1 Å². The lowest BCUT2D eigenvalue weighted by Gasteiger charge is -2.35. The van der Waals surface area contributed by atoms with E-state index in [9.17, 15) is 52.7 Å². The van der Waals surface area contributed by atoms with Crippen LogP contribution in [0.2, 0.25) is 15.1 Å². The molecule has 3 aliphatic carbocycles. The van der Waals surface area contributed by atoms with Crippen LogP contribution < -0.4 is 11.1 Å². The van der Waals surface area contributed by atoms with Crippen molar-refractivity contribution in [2.75, 3.05) is 40.8 Å². The molecule has 6 aliphatic rings. The lowest BCUT2D eigenvalue weighted by Crippen LogP contribution is -2.50. The molecule has 5 amide bonds. The van der Waals surface area contributed by atoms with Crippen LogP contribution >= 0.6 is 47.2 Å². The summed E-state index contributed by atoms with van der Waals surface area (Å²) in [6, 6.07) is 14.8. The van der Waals surface area contributed by atoms with Crippen molar-refractivity contribution >= 4 is 145 Å². The standard InChI is InChI=1S/C33H46ClN3O5.C28H38ClN3O3.C23H30ClN3O2.C9H17NO4.ClH/c1-21(35(6)32(41)42-33(3,4)5)30(39)18-26(23-11-8-7-9-12-23)31(40)37-16-10-13-25(37)19-36-20-28(22(2)38)27-17-24(34)14-15-29(27)36;1-18(30-3)27(34)15-23(20-8-5-4-6-9-20)28(35)32-13-7-10-22(32)16-31-17-25(19(2)33)24-14-21(29)11-12-26(24)31;1-15(28)20-14-26(21-10-9-17(24)12-19(20)21)13-18-8-5-11-27(18)23(29)22(25)16-6-3-2-4-7-16;1-6(7(11)12)10(5)8(13)14-9(2,3)4;/h14-15,17,20-21,23,25-26H,7-13,16,18-19H2,1-6H3;11-12,14,17-18,20,22-23,30H,4-10,13,15-16H2,1-3H3;9-10,12,14,16,18,22H,2-8,11,13,25H2,1H3;6H,1-5H3,(H,11,12);1H/t21-,25-,26-;18-,22-,23-;18-,22-;6-;/m0000./s1. The average Bonchev–Trinajstić information content (AvgIpc) is 1.63. The smallest absolute Gasteiger partial charge is 0.410 e. The summed E-state index contributed by atoms with van der Waals surface area (Å²) in [5.74, 6) is -0.694. The first-order chi connectivity index (χ1) is 56.7. The summed E-state index contributed by atoms with van der Waals surface area (Å²) < 4.78 is 16.7. The van der Waals surface area contributed by atoms with E-state index in [1.807, 2.05) is 94.8 Å². The number of hydrogen-bond donors (Lipinski definition) is 3. The molecule has 28 heteroatoms. The molecule has 666 valence electrons. The van der Waals surface area contributed by atoms with Crippen LogP contribution in [0.5, 0.6) is 0 Å². The predicted octanol–water partition coefficient (Wildman–Crippen LogP) is 18.3. The highest BCUT2D eigenvalue weighted by Crippen LogP contribution is 2.40. The SMILES string of the molecule is CC(=O)c1cn(C[C@@H]2CCCN2C(=O)[C@@H](CC(=O)[C@H](C)N(C)C(=O)OC(C)(C)C)C2CCCCC2)c2ccc(Cl)cc12.CC(=O)c1cn(C[C@@H]2CCCN2C(=O)[C@@H](N)C2CCCCC2)c2ccc(Cl)cc12.CN[C@@H](C)C(=O)C[C@H](C(=O)N1CCC[C@H]1Cn1cc(C(C)=O)c2cc(Cl)ccc21)C1CCCCC1.C[C@@H](C(=O)O)N(C)C(=O)OC(C)(C)C.Cl. The van der Waals surface area contributed by atoms with Gasteiger partial charge in [0, 0.05) is 179 Å². The minimum absolute atomic E-state index is 0. The van der Waals surface area contributed by atoms with Crippen molar-refractivity contribution in [1.29, 1.82) is 0 Å². The van der Waals surface area contributed by atoms with Gasteiger partial charge in [-0.1, -0.05) is 92.6 Å². The molecule has 6 aromatic rings. The minimum atomic E-state index is -1.06. The molecule has 3 saturated heterocycles. The summed E-state index contributed by atoms with van der Waals surface area (Å²) in [6.07, 6.45) is 27.0. The van der Waals surface area contributed by atoms with Gasteiger partial charge in [0.15, 0.2) is 23.1 Å². The van der Waals surface area contributed by atoms with Crippen molar-refractivity contribution in [3.05, 3.63) is 105 Å². The van der Waals surface area contributed by atoms with Crippen molar-refractivity contribution in [2.45, 2.75) is 304 Å². The fourth-order valence-electron chi connectivity index (χ4n) is 18.3. The van der Waals surface area contributed by atoms with Crippen LogP contribution in [0.15, 0.2) is 73.2 Å². The Bertz CT molecular complexity index is 4640. The molecule has 0 radical (unpaired) electrons. The summed E-state index contributed by atoms with van der Waals surface area (Å²) >= 11 is 18.6. The van der Waals surface area contributed by atoms with Crippen molar-refractivity contribution in [3.63, 3.8) is 0 Å². The largest absolute Gasteiger partial charge is 0.480 e. The van der Waals surface area contributed by atoms with Gasteiger partial charge in [-0.2, -0.15) is 0 Å². The minimum Gasteiger partial charge on any atom is -0.480 e. The molecule has 0 bridgehead atoms. The second kappa shape index (κ2) is 44.1. The van der Waals surface area contributed by atoms with Gasteiger partial charge >= 0.3 is 18.2 Å². The molecule has 3 aromatic heterocycles. The number of ether oxygens (including phenoxy) is 2. The summed E-state index contributed by atoms with van der Waals surface area (Å²) in [7, 11) is 4.77. The number of benzene rings is 3. The summed E-state index contributed by atoms with van der Waals surface area (Å²) in [6.45, 7) is 24.3. The molecule has 121 heavy (non-hydrogen) atoms. The quantitative estimate of drug-likeness (QED) is 0.0449. The maximum atomic E-state index is 14.3. The van der Waals surface area contributed by atoms with E-state index in [1.165, 1.54) is 44.6 Å².